The van der Waals surface area contributed by atoms with Crippen LogP contribution in [0.4, 0.5) is 0 Å². The van der Waals surface area contributed by atoms with E-state index in [2.05, 4.69) is 5.32 Å². The van der Waals surface area contributed by atoms with Gasteiger partial charge >= 0.3 is 5.97 Å². The average molecular weight is 368 g/mol. The largest absolute Gasteiger partial charge is 0.493 e. The molecule has 1 aromatic carbocycles. The Balaban J connectivity index is 1.98. The lowest BCUT2D eigenvalue weighted by Crippen LogP contribution is -2.36. The molecule has 0 aromatic heterocycles. The smallest absolute Gasteiger partial charge is 0.331 e. The summed E-state index contributed by atoms with van der Waals surface area (Å²) in [6, 6.07) is 3.58. The van der Waals surface area contributed by atoms with Crippen LogP contribution in [-0.2, 0) is 14.3 Å². The molecular formula is C18H22ClNO5. The van der Waals surface area contributed by atoms with Gasteiger partial charge in [-0.05, 0) is 50.5 Å². The highest BCUT2D eigenvalue weighted by molar-refractivity contribution is 6.32. The first-order valence-corrected chi connectivity index (χ1v) is 8.51. The Morgan fingerprint density at radius 1 is 1.40 bits per heavy atom. The standard InChI is InChI=1S/C18H22ClNO5/c1-4-24-17-14(19)9-12(10-15(17)23-3)5-8-16(21)25-11(2)18(22)20-13-6-7-13/h5,8-11,13H,4,6-7H2,1-3H3,(H,20,22)/b8-5+/t11-/m1/s1. The van der Waals surface area contributed by atoms with E-state index in [1.165, 1.54) is 19.3 Å². The molecule has 2 rings (SSSR count). The van der Waals surface area contributed by atoms with E-state index in [4.69, 9.17) is 25.8 Å². The molecule has 0 bridgehead atoms. The summed E-state index contributed by atoms with van der Waals surface area (Å²) in [5.74, 6) is 0.0359. The zero-order valence-corrected chi connectivity index (χ0v) is 15.3. The van der Waals surface area contributed by atoms with E-state index in [-0.39, 0.29) is 11.9 Å². The second-order valence-electron chi connectivity index (χ2n) is 5.66. The van der Waals surface area contributed by atoms with E-state index in [0.29, 0.717) is 28.7 Å². The minimum absolute atomic E-state index is 0.225. The predicted octanol–water partition coefficient (Wildman–Crippen LogP) is 2.97. The second kappa shape index (κ2) is 8.76. The summed E-state index contributed by atoms with van der Waals surface area (Å²) in [5, 5.41) is 3.17. The third-order valence-electron chi connectivity index (χ3n) is 3.54. The minimum Gasteiger partial charge on any atom is -0.493 e. The van der Waals surface area contributed by atoms with Crippen LogP contribution in [0, 0.1) is 0 Å². The third-order valence-corrected chi connectivity index (χ3v) is 3.82. The number of hydrogen-bond acceptors (Lipinski definition) is 5. The molecule has 0 radical (unpaired) electrons. The van der Waals surface area contributed by atoms with Crippen LogP contribution in [0.15, 0.2) is 18.2 Å². The van der Waals surface area contributed by atoms with Gasteiger partial charge in [-0.1, -0.05) is 11.6 Å². The monoisotopic (exact) mass is 367 g/mol. The van der Waals surface area contributed by atoms with Crippen molar-refractivity contribution in [3.63, 3.8) is 0 Å². The van der Waals surface area contributed by atoms with Gasteiger partial charge in [-0.15, -0.1) is 0 Å². The van der Waals surface area contributed by atoms with Gasteiger partial charge in [-0.25, -0.2) is 4.79 Å². The summed E-state index contributed by atoms with van der Waals surface area (Å²) in [7, 11) is 1.51. The molecule has 136 valence electrons. The molecule has 0 aliphatic heterocycles. The lowest BCUT2D eigenvalue weighted by atomic mass is 10.2. The van der Waals surface area contributed by atoms with Crippen LogP contribution >= 0.6 is 11.6 Å². The molecule has 0 spiro atoms. The number of rotatable bonds is 8. The van der Waals surface area contributed by atoms with Gasteiger partial charge in [0.25, 0.3) is 5.91 Å². The number of halogens is 1. The van der Waals surface area contributed by atoms with E-state index >= 15 is 0 Å². The molecule has 0 saturated heterocycles. The second-order valence-corrected chi connectivity index (χ2v) is 6.07. The highest BCUT2D eigenvalue weighted by Crippen LogP contribution is 2.36. The topological polar surface area (TPSA) is 73.9 Å². The molecule has 1 aliphatic rings. The summed E-state index contributed by atoms with van der Waals surface area (Å²) >= 11 is 6.18. The number of nitrogens with one attached hydrogen (secondary N) is 1. The molecule has 1 saturated carbocycles. The average Bonchev–Trinajstić information content (AvgIpc) is 3.38. The molecule has 1 N–H and O–H groups in total. The molecule has 1 amide bonds. The van der Waals surface area contributed by atoms with Crippen molar-refractivity contribution >= 4 is 29.6 Å². The van der Waals surface area contributed by atoms with E-state index in [0.717, 1.165) is 12.8 Å². The Kier molecular flexibility index (Phi) is 6.70. The van der Waals surface area contributed by atoms with Crippen LogP contribution in [0.5, 0.6) is 11.5 Å². The van der Waals surface area contributed by atoms with E-state index in [1.54, 1.807) is 19.1 Å². The highest BCUT2D eigenvalue weighted by atomic mass is 35.5. The van der Waals surface area contributed by atoms with Crippen LogP contribution in [0.2, 0.25) is 5.02 Å². The van der Waals surface area contributed by atoms with Crippen LogP contribution in [0.1, 0.15) is 32.3 Å². The Labute approximate surface area is 152 Å². The van der Waals surface area contributed by atoms with Crippen molar-refractivity contribution in [2.45, 2.75) is 38.8 Å². The number of methoxy groups -OCH3 is 1. The van der Waals surface area contributed by atoms with Gasteiger partial charge in [0, 0.05) is 12.1 Å². The van der Waals surface area contributed by atoms with Crippen LogP contribution < -0.4 is 14.8 Å². The minimum atomic E-state index is -0.837. The molecular weight excluding hydrogens is 346 g/mol. The van der Waals surface area contributed by atoms with Gasteiger partial charge < -0.3 is 19.5 Å². The molecule has 1 atom stereocenters. The molecule has 1 aromatic rings. The number of carbonyl (C=O) groups excluding carboxylic acids is 2. The van der Waals surface area contributed by atoms with Crippen LogP contribution in [0.25, 0.3) is 6.08 Å². The Hall–Kier alpha value is -2.21. The van der Waals surface area contributed by atoms with E-state index in [9.17, 15) is 9.59 Å². The maximum atomic E-state index is 11.9. The first-order valence-electron chi connectivity index (χ1n) is 8.14. The number of benzene rings is 1. The van der Waals surface area contributed by atoms with Gasteiger partial charge in [0.15, 0.2) is 17.6 Å². The van der Waals surface area contributed by atoms with Crippen molar-refractivity contribution < 1.29 is 23.8 Å². The van der Waals surface area contributed by atoms with Gasteiger partial charge in [0.05, 0.1) is 18.7 Å². The Bertz CT molecular complexity index is 670. The number of amides is 1. The van der Waals surface area contributed by atoms with Crippen molar-refractivity contribution in [1.82, 2.24) is 5.32 Å². The predicted molar refractivity (Wildman–Crippen MR) is 94.9 cm³/mol. The fourth-order valence-electron chi connectivity index (χ4n) is 2.10. The molecule has 25 heavy (non-hydrogen) atoms. The van der Waals surface area contributed by atoms with Crippen molar-refractivity contribution in [1.29, 1.82) is 0 Å². The number of esters is 1. The van der Waals surface area contributed by atoms with Crippen molar-refractivity contribution in [2.24, 2.45) is 0 Å². The van der Waals surface area contributed by atoms with Gasteiger partial charge in [-0.3, -0.25) is 4.79 Å². The van der Waals surface area contributed by atoms with Crippen molar-refractivity contribution in [3.8, 4) is 11.5 Å². The SMILES string of the molecule is CCOc1c(Cl)cc(/C=C/C(=O)O[C@H](C)C(=O)NC2CC2)cc1OC. The zero-order chi connectivity index (χ0) is 18.4. The lowest BCUT2D eigenvalue weighted by molar-refractivity contribution is -0.150. The molecule has 1 aliphatic carbocycles. The fraction of sp³-hybridized carbons (Fsp3) is 0.444. The van der Waals surface area contributed by atoms with Crippen LogP contribution in [-0.4, -0.2) is 37.7 Å². The summed E-state index contributed by atoms with van der Waals surface area (Å²) in [6.45, 7) is 3.85. The fourth-order valence-corrected chi connectivity index (χ4v) is 2.37. The summed E-state index contributed by atoms with van der Waals surface area (Å²) in [4.78, 5) is 23.6. The van der Waals surface area contributed by atoms with Crippen molar-refractivity contribution in [2.75, 3.05) is 13.7 Å². The molecule has 0 heterocycles. The normalized spacial score (nSPS) is 14.9. The maximum Gasteiger partial charge on any atom is 0.331 e. The third kappa shape index (κ3) is 5.67. The molecule has 0 unspecified atom stereocenters. The zero-order valence-electron chi connectivity index (χ0n) is 14.5. The Morgan fingerprint density at radius 2 is 2.12 bits per heavy atom. The number of hydrogen-bond donors (Lipinski definition) is 1. The summed E-state index contributed by atoms with van der Waals surface area (Å²) in [6.07, 6.45) is 3.90. The highest BCUT2D eigenvalue weighted by Gasteiger charge is 2.26. The summed E-state index contributed by atoms with van der Waals surface area (Å²) in [5.41, 5.74) is 0.650. The first kappa shape index (κ1) is 19.1. The molecule has 7 heteroatoms. The van der Waals surface area contributed by atoms with E-state index in [1.807, 2.05) is 6.92 Å². The maximum absolute atomic E-state index is 11.9. The summed E-state index contributed by atoms with van der Waals surface area (Å²) < 4.78 is 15.8. The molecule has 1 fully saturated rings. The molecule has 6 nitrogen and oxygen atoms in total. The quantitative estimate of drug-likeness (QED) is 0.564. The van der Waals surface area contributed by atoms with Gasteiger partial charge in [-0.2, -0.15) is 0 Å². The van der Waals surface area contributed by atoms with E-state index < -0.39 is 12.1 Å². The van der Waals surface area contributed by atoms with Crippen LogP contribution in [0.3, 0.4) is 0 Å². The van der Waals surface area contributed by atoms with Gasteiger partial charge in [0.2, 0.25) is 0 Å². The lowest BCUT2D eigenvalue weighted by Gasteiger charge is -2.12. The first-order chi connectivity index (χ1) is 11.9. The van der Waals surface area contributed by atoms with Crippen molar-refractivity contribution in [3.05, 3.63) is 28.8 Å². The number of ether oxygens (including phenoxy) is 3. The number of carbonyl (C=O) groups is 2. The Morgan fingerprint density at radius 3 is 2.72 bits per heavy atom. The van der Waals surface area contributed by atoms with Gasteiger partial charge in [0.1, 0.15) is 0 Å².